The van der Waals surface area contributed by atoms with Gasteiger partial charge in [0.25, 0.3) is 5.69 Å². The Labute approximate surface area is 134 Å². The molecule has 2 aromatic rings. The van der Waals surface area contributed by atoms with Crippen LogP contribution < -0.4 is 10.2 Å². The Morgan fingerprint density at radius 2 is 2.04 bits per heavy atom. The van der Waals surface area contributed by atoms with Crippen molar-refractivity contribution in [2.75, 3.05) is 23.8 Å². The first kappa shape index (κ1) is 16.4. The molecule has 7 heteroatoms. The highest BCUT2D eigenvalue weighted by Gasteiger charge is 2.12. The van der Waals surface area contributed by atoms with Gasteiger partial charge in [-0.15, -0.1) is 0 Å². The molecule has 0 aliphatic heterocycles. The number of benzene rings is 1. The Balaban J connectivity index is 2.02. The standard InChI is InChI=1S/C16H18N4O3/c1-11-5-4-6-14(12(11)2)18-16(21)10-19(3)15-8-7-13(9-17-15)20(22)23/h4-9H,10H2,1-3H3,(H,18,21). The van der Waals surface area contributed by atoms with Gasteiger partial charge in [0.1, 0.15) is 12.0 Å². The average molecular weight is 314 g/mol. The molecule has 0 radical (unpaired) electrons. The van der Waals surface area contributed by atoms with Gasteiger partial charge in [0.05, 0.1) is 11.5 Å². The number of hydrogen-bond acceptors (Lipinski definition) is 5. The van der Waals surface area contributed by atoms with Crippen LogP contribution in [0.5, 0.6) is 0 Å². The van der Waals surface area contributed by atoms with E-state index in [1.807, 2.05) is 32.0 Å². The molecule has 1 heterocycles. The number of aryl methyl sites for hydroxylation is 1. The lowest BCUT2D eigenvalue weighted by atomic mass is 10.1. The van der Waals surface area contributed by atoms with Crippen LogP contribution in [0.3, 0.4) is 0 Å². The lowest BCUT2D eigenvalue weighted by molar-refractivity contribution is -0.385. The number of hydrogen-bond donors (Lipinski definition) is 1. The Kier molecular flexibility index (Phi) is 4.90. The van der Waals surface area contributed by atoms with Crippen molar-refractivity contribution in [3.63, 3.8) is 0 Å². The van der Waals surface area contributed by atoms with E-state index in [0.29, 0.717) is 5.82 Å². The monoisotopic (exact) mass is 314 g/mol. The number of aromatic nitrogens is 1. The molecule has 1 aromatic heterocycles. The third-order valence-corrected chi connectivity index (χ3v) is 3.59. The fourth-order valence-corrected chi connectivity index (χ4v) is 2.08. The summed E-state index contributed by atoms with van der Waals surface area (Å²) >= 11 is 0. The Bertz CT molecular complexity index is 729. The summed E-state index contributed by atoms with van der Waals surface area (Å²) < 4.78 is 0. The van der Waals surface area contributed by atoms with Crippen LogP contribution in [-0.2, 0) is 4.79 Å². The molecular formula is C16H18N4O3. The summed E-state index contributed by atoms with van der Waals surface area (Å²) in [5.74, 6) is 0.313. The zero-order valence-corrected chi connectivity index (χ0v) is 13.2. The van der Waals surface area contributed by atoms with Gasteiger partial charge in [0.15, 0.2) is 0 Å². The molecule has 7 nitrogen and oxygen atoms in total. The number of rotatable bonds is 5. The van der Waals surface area contributed by atoms with Crippen LogP contribution in [0.4, 0.5) is 17.2 Å². The number of nitrogens with zero attached hydrogens (tertiary/aromatic N) is 3. The molecule has 1 N–H and O–H groups in total. The number of nitro groups is 1. The van der Waals surface area contributed by atoms with E-state index in [0.717, 1.165) is 16.8 Å². The van der Waals surface area contributed by atoms with E-state index in [4.69, 9.17) is 0 Å². The van der Waals surface area contributed by atoms with E-state index in [1.54, 1.807) is 11.9 Å². The minimum Gasteiger partial charge on any atom is -0.350 e. The number of carbonyl (C=O) groups excluding carboxylic acids is 1. The van der Waals surface area contributed by atoms with Crippen molar-refractivity contribution in [2.24, 2.45) is 0 Å². The molecule has 2 rings (SSSR count). The molecule has 0 saturated heterocycles. The Morgan fingerprint density at radius 3 is 2.65 bits per heavy atom. The molecule has 0 aliphatic carbocycles. The maximum absolute atomic E-state index is 12.1. The second kappa shape index (κ2) is 6.87. The van der Waals surface area contributed by atoms with Gasteiger partial charge in [0, 0.05) is 18.8 Å². The van der Waals surface area contributed by atoms with Crippen molar-refractivity contribution in [2.45, 2.75) is 13.8 Å². The third-order valence-electron chi connectivity index (χ3n) is 3.59. The van der Waals surface area contributed by atoms with E-state index in [-0.39, 0.29) is 18.1 Å². The van der Waals surface area contributed by atoms with E-state index in [9.17, 15) is 14.9 Å². The van der Waals surface area contributed by atoms with Crippen LogP contribution in [0.1, 0.15) is 11.1 Å². The normalized spacial score (nSPS) is 10.2. The number of anilines is 2. The largest absolute Gasteiger partial charge is 0.350 e. The van der Waals surface area contributed by atoms with E-state index in [1.165, 1.54) is 18.3 Å². The molecule has 0 bridgehead atoms. The fraction of sp³-hybridized carbons (Fsp3) is 0.250. The van der Waals surface area contributed by atoms with Crippen LogP contribution in [0.25, 0.3) is 0 Å². The van der Waals surface area contributed by atoms with Crippen molar-refractivity contribution in [3.05, 3.63) is 57.8 Å². The highest BCUT2D eigenvalue weighted by Crippen LogP contribution is 2.18. The van der Waals surface area contributed by atoms with Gasteiger partial charge in [0.2, 0.25) is 5.91 Å². The van der Waals surface area contributed by atoms with E-state index < -0.39 is 4.92 Å². The lowest BCUT2D eigenvalue weighted by Crippen LogP contribution is -2.30. The van der Waals surface area contributed by atoms with Crippen molar-refractivity contribution < 1.29 is 9.72 Å². The molecule has 23 heavy (non-hydrogen) atoms. The highest BCUT2D eigenvalue weighted by atomic mass is 16.6. The highest BCUT2D eigenvalue weighted by molar-refractivity contribution is 5.94. The lowest BCUT2D eigenvalue weighted by Gasteiger charge is -2.18. The Morgan fingerprint density at radius 1 is 1.30 bits per heavy atom. The topological polar surface area (TPSA) is 88.4 Å². The zero-order valence-electron chi connectivity index (χ0n) is 13.2. The maximum Gasteiger partial charge on any atom is 0.287 e. The summed E-state index contributed by atoms with van der Waals surface area (Å²) in [6, 6.07) is 8.60. The van der Waals surface area contributed by atoms with Crippen molar-refractivity contribution in [3.8, 4) is 0 Å². The van der Waals surface area contributed by atoms with E-state index >= 15 is 0 Å². The summed E-state index contributed by atoms with van der Waals surface area (Å²) in [4.78, 5) is 27.9. The quantitative estimate of drug-likeness (QED) is 0.677. The summed E-state index contributed by atoms with van der Waals surface area (Å²) in [7, 11) is 1.71. The zero-order chi connectivity index (χ0) is 17.0. The SMILES string of the molecule is Cc1cccc(NC(=O)CN(C)c2ccc([N+](=O)[O-])cn2)c1C. The maximum atomic E-state index is 12.1. The number of pyridine rings is 1. The average Bonchev–Trinajstić information content (AvgIpc) is 2.52. The van der Waals surface area contributed by atoms with Crippen LogP contribution in [0, 0.1) is 24.0 Å². The molecule has 0 saturated carbocycles. The van der Waals surface area contributed by atoms with Crippen LogP contribution in [0.2, 0.25) is 0 Å². The third kappa shape index (κ3) is 4.03. The number of nitrogens with one attached hydrogen (secondary N) is 1. The first-order valence-electron chi connectivity index (χ1n) is 7.06. The van der Waals surface area contributed by atoms with Crippen molar-refractivity contribution >= 4 is 23.1 Å². The van der Waals surface area contributed by atoms with Gasteiger partial charge in [-0.3, -0.25) is 14.9 Å². The number of amides is 1. The van der Waals surface area contributed by atoms with Crippen LogP contribution >= 0.6 is 0 Å². The van der Waals surface area contributed by atoms with E-state index in [2.05, 4.69) is 10.3 Å². The minimum absolute atomic E-state index is 0.0815. The predicted molar refractivity (Wildman–Crippen MR) is 88.7 cm³/mol. The first-order chi connectivity index (χ1) is 10.9. The van der Waals surface area contributed by atoms with Gasteiger partial charge in [-0.25, -0.2) is 4.98 Å². The fourth-order valence-electron chi connectivity index (χ4n) is 2.08. The molecule has 1 aromatic carbocycles. The molecule has 0 spiro atoms. The summed E-state index contributed by atoms with van der Waals surface area (Å²) in [6.45, 7) is 4.03. The predicted octanol–water partition coefficient (Wildman–Crippen LogP) is 2.68. The van der Waals surface area contributed by atoms with Crippen LogP contribution in [-0.4, -0.2) is 29.4 Å². The van der Waals surface area contributed by atoms with Crippen molar-refractivity contribution in [1.29, 1.82) is 0 Å². The minimum atomic E-state index is -0.510. The van der Waals surface area contributed by atoms with Gasteiger partial charge in [-0.1, -0.05) is 12.1 Å². The smallest absolute Gasteiger partial charge is 0.287 e. The molecule has 0 atom stereocenters. The molecule has 0 fully saturated rings. The summed E-state index contributed by atoms with van der Waals surface area (Å²) in [6.07, 6.45) is 1.18. The first-order valence-corrected chi connectivity index (χ1v) is 7.06. The molecule has 0 unspecified atom stereocenters. The second-order valence-electron chi connectivity index (χ2n) is 5.28. The number of carbonyl (C=O) groups is 1. The molecular weight excluding hydrogens is 296 g/mol. The van der Waals surface area contributed by atoms with Crippen LogP contribution in [0.15, 0.2) is 36.5 Å². The van der Waals surface area contributed by atoms with Crippen molar-refractivity contribution in [1.82, 2.24) is 4.98 Å². The molecule has 120 valence electrons. The van der Waals surface area contributed by atoms with Gasteiger partial charge >= 0.3 is 0 Å². The summed E-state index contributed by atoms with van der Waals surface area (Å²) in [5, 5.41) is 13.5. The summed E-state index contributed by atoms with van der Waals surface area (Å²) in [5.41, 5.74) is 2.83. The molecule has 1 amide bonds. The van der Waals surface area contributed by atoms with Gasteiger partial charge < -0.3 is 10.2 Å². The van der Waals surface area contributed by atoms with Gasteiger partial charge in [-0.2, -0.15) is 0 Å². The number of likely N-dealkylation sites (N-methyl/N-ethyl adjacent to an activating group) is 1. The second-order valence-corrected chi connectivity index (χ2v) is 5.28. The Hall–Kier alpha value is -2.96. The van der Waals surface area contributed by atoms with Gasteiger partial charge in [-0.05, 0) is 37.1 Å². The molecule has 0 aliphatic rings.